The number of benzene rings is 1. The van der Waals surface area contributed by atoms with E-state index in [1.807, 2.05) is 58.0 Å². The van der Waals surface area contributed by atoms with Crippen LogP contribution in [0.4, 0.5) is 15.3 Å². The van der Waals surface area contributed by atoms with E-state index >= 15 is 0 Å². The zero-order chi connectivity index (χ0) is 21.7. The fourth-order valence-corrected chi connectivity index (χ4v) is 3.53. The zero-order valence-corrected chi connectivity index (χ0v) is 18.1. The molecule has 0 aliphatic carbocycles. The fraction of sp³-hybridized carbons (Fsp3) is 0.500. The summed E-state index contributed by atoms with van der Waals surface area (Å²) < 4.78 is 5.30. The van der Waals surface area contributed by atoms with Gasteiger partial charge in [-0.05, 0) is 46.2 Å². The van der Waals surface area contributed by atoms with Crippen molar-refractivity contribution in [3.05, 3.63) is 36.0 Å². The molecule has 1 aliphatic rings. The summed E-state index contributed by atoms with van der Waals surface area (Å²) in [5.74, 6) is 0. The Labute approximate surface area is 177 Å². The van der Waals surface area contributed by atoms with Gasteiger partial charge in [-0.1, -0.05) is 18.2 Å². The van der Waals surface area contributed by atoms with Crippen LogP contribution in [0.2, 0.25) is 0 Å². The molecule has 0 bridgehead atoms. The van der Waals surface area contributed by atoms with Crippen molar-refractivity contribution in [2.45, 2.75) is 45.8 Å². The molecule has 1 aliphatic heterocycles. The number of nitrogens with one attached hydrogen (secondary N) is 3. The Kier molecular flexibility index (Phi) is 6.77. The molecule has 1 unspecified atom stereocenters. The van der Waals surface area contributed by atoms with Crippen LogP contribution in [-0.4, -0.2) is 59.8 Å². The van der Waals surface area contributed by atoms with Crippen LogP contribution in [0.5, 0.6) is 0 Å². The lowest BCUT2D eigenvalue weighted by Gasteiger charge is -2.22. The number of aryl methyl sites for hydroxylation is 1. The summed E-state index contributed by atoms with van der Waals surface area (Å²) in [6.07, 6.45) is 0.486. The Morgan fingerprint density at radius 2 is 2.03 bits per heavy atom. The highest BCUT2D eigenvalue weighted by Crippen LogP contribution is 2.22. The van der Waals surface area contributed by atoms with Gasteiger partial charge in [0.25, 0.3) is 0 Å². The Morgan fingerprint density at radius 1 is 1.27 bits per heavy atom. The number of carbonyl (C=O) groups excluding carboxylic acids is 2. The number of hydrogen-bond donors (Lipinski definition) is 3. The number of carbonyl (C=O) groups is 2. The number of para-hydroxylation sites is 1. The highest BCUT2D eigenvalue weighted by Gasteiger charge is 2.25. The van der Waals surface area contributed by atoms with Crippen LogP contribution in [0.25, 0.3) is 10.9 Å². The minimum Gasteiger partial charge on any atom is -0.444 e. The molecule has 3 rings (SSSR count). The molecule has 3 N–H and O–H groups in total. The monoisotopic (exact) mass is 413 g/mol. The quantitative estimate of drug-likeness (QED) is 0.699. The maximum Gasteiger partial charge on any atom is 0.407 e. The summed E-state index contributed by atoms with van der Waals surface area (Å²) >= 11 is 0. The second kappa shape index (κ2) is 9.30. The minimum atomic E-state index is -0.502. The Hall–Kier alpha value is -2.87. The van der Waals surface area contributed by atoms with Gasteiger partial charge in [-0.25, -0.2) is 9.59 Å². The number of hydrogen-bond acceptors (Lipinski definition) is 5. The number of amides is 3. The highest BCUT2D eigenvalue weighted by atomic mass is 16.6. The van der Waals surface area contributed by atoms with Gasteiger partial charge in [-0.15, -0.1) is 0 Å². The number of ether oxygens (including phenoxy) is 1. The van der Waals surface area contributed by atoms with Gasteiger partial charge < -0.3 is 20.7 Å². The summed E-state index contributed by atoms with van der Waals surface area (Å²) in [5.41, 5.74) is 1.95. The van der Waals surface area contributed by atoms with E-state index in [2.05, 4.69) is 25.8 Å². The van der Waals surface area contributed by atoms with Crippen LogP contribution in [0.1, 0.15) is 32.9 Å². The molecule has 30 heavy (non-hydrogen) atoms. The third-order valence-corrected chi connectivity index (χ3v) is 4.80. The van der Waals surface area contributed by atoms with E-state index in [0.717, 1.165) is 48.3 Å². The predicted molar refractivity (Wildman–Crippen MR) is 118 cm³/mol. The molecule has 1 aromatic heterocycles. The van der Waals surface area contributed by atoms with Crippen molar-refractivity contribution in [2.24, 2.45) is 0 Å². The minimum absolute atomic E-state index is 0.0693. The number of alkyl carbamates (subject to hydrolysis) is 1. The van der Waals surface area contributed by atoms with E-state index in [9.17, 15) is 9.59 Å². The lowest BCUT2D eigenvalue weighted by atomic mass is 10.1. The van der Waals surface area contributed by atoms with Gasteiger partial charge >= 0.3 is 12.1 Å². The van der Waals surface area contributed by atoms with Gasteiger partial charge in [0.1, 0.15) is 5.60 Å². The number of anilines is 1. The summed E-state index contributed by atoms with van der Waals surface area (Å²) in [7, 11) is 0. The van der Waals surface area contributed by atoms with Gasteiger partial charge in [-0.3, -0.25) is 9.88 Å². The molecule has 0 radical (unpaired) electrons. The molecule has 1 fully saturated rings. The number of pyridine rings is 1. The van der Waals surface area contributed by atoms with Crippen molar-refractivity contribution in [3.8, 4) is 0 Å². The van der Waals surface area contributed by atoms with Gasteiger partial charge in [-0.2, -0.15) is 0 Å². The molecule has 8 nitrogen and oxygen atoms in total. The maximum absolute atomic E-state index is 12.3. The van der Waals surface area contributed by atoms with E-state index in [0.29, 0.717) is 6.54 Å². The molecule has 1 aromatic carbocycles. The molecular formula is C22H31N5O3. The van der Waals surface area contributed by atoms with Crippen LogP contribution in [0, 0.1) is 6.92 Å². The normalized spacial score (nSPS) is 17.0. The Morgan fingerprint density at radius 3 is 2.80 bits per heavy atom. The first kappa shape index (κ1) is 21.8. The van der Waals surface area contributed by atoms with Crippen molar-refractivity contribution in [1.29, 1.82) is 0 Å². The Balaban J connectivity index is 1.42. The number of rotatable bonds is 5. The fourth-order valence-electron chi connectivity index (χ4n) is 3.53. The number of aromatic nitrogens is 1. The predicted octanol–water partition coefficient (Wildman–Crippen LogP) is 3.26. The molecule has 1 atom stereocenters. The first-order valence-electron chi connectivity index (χ1n) is 10.3. The zero-order valence-electron chi connectivity index (χ0n) is 18.1. The van der Waals surface area contributed by atoms with Crippen molar-refractivity contribution in [3.63, 3.8) is 0 Å². The molecule has 162 valence electrons. The smallest absolute Gasteiger partial charge is 0.407 e. The van der Waals surface area contributed by atoms with Crippen molar-refractivity contribution < 1.29 is 14.3 Å². The van der Waals surface area contributed by atoms with Gasteiger partial charge in [0.2, 0.25) is 0 Å². The SMILES string of the molecule is Cc1cc(NC(=O)NCCN2CCC(NC(=O)OC(C)(C)C)C2)c2ccccc2n1. The second-order valence-corrected chi connectivity index (χ2v) is 8.64. The highest BCUT2D eigenvalue weighted by molar-refractivity contribution is 6.00. The van der Waals surface area contributed by atoms with E-state index in [1.54, 1.807) is 0 Å². The second-order valence-electron chi connectivity index (χ2n) is 8.64. The summed E-state index contributed by atoms with van der Waals surface area (Å²) in [5, 5.41) is 9.65. The molecule has 3 amide bonds. The van der Waals surface area contributed by atoms with E-state index in [4.69, 9.17) is 4.74 Å². The van der Waals surface area contributed by atoms with Gasteiger partial charge in [0.15, 0.2) is 0 Å². The topological polar surface area (TPSA) is 95.6 Å². The number of fused-ring (bicyclic) bond motifs is 1. The van der Waals surface area contributed by atoms with Crippen LogP contribution in [0.15, 0.2) is 30.3 Å². The van der Waals surface area contributed by atoms with E-state index in [-0.39, 0.29) is 18.2 Å². The third-order valence-electron chi connectivity index (χ3n) is 4.80. The standard InChI is InChI=1S/C22H31N5O3/c1-15-13-19(17-7-5-6-8-18(17)24-15)26-20(28)23-10-12-27-11-9-16(14-27)25-21(29)30-22(2,3)4/h5-8,13,16H,9-12,14H2,1-4H3,(H,25,29)(H2,23,24,26,28). The molecule has 2 aromatic rings. The van der Waals surface area contributed by atoms with Crippen molar-refractivity contribution in [2.75, 3.05) is 31.5 Å². The average molecular weight is 414 g/mol. The summed E-state index contributed by atoms with van der Waals surface area (Å²) in [4.78, 5) is 30.9. The molecular weight excluding hydrogens is 382 g/mol. The van der Waals surface area contributed by atoms with Crippen LogP contribution >= 0.6 is 0 Å². The van der Waals surface area contributed by atoms with Gasteiger partial charge in [0, 0.05) is 43.3 Å². The van der Waals surface area contributed by atoms with Crippen molar-refractivity contribution >= 4 is 28.7 Å². The lowest BCUT2D eigenvalue weighted by Crippen LogP contribution is -2.41. The van der Waals surface area contributed by atoms with E-state index < -0.39 is 5.60 Å². The molecule has 8 heteroatoms. The first-order chi connectivity index (χ1) is 14.2. The van der Waals surface area contributed by atoms with Crippen LogP contribution < -0.4 is 16.0 Å². The van der Waals surface area contributed by atoms with Crippen molar-refractivity contribution in [1.82, 2.24) is 20.5 Å². The summed E-state index contributed by atoms with van der Waals surface area (Å²) in [6, 6.07) is 9.43. The first-order valence-corrected chi connectivity index (χ1v) is 10.3. The number of likely N-dealkylation sites (tertiary alicyclic amines) is 1. The lowest BCUT2D eigenvalue weighted by molar-refractivity contribution is 0.0506. The number of nitrogens with zero attached hydrogens (tertiary/aromatic N) is 2. The Bertz CT molecular complexity index is 909. The van der Waals surface area contributed by atoms with Crippen LogP contribution in [0.3, 0.4) is 0 Å². The molecule has 0 spiro atoms. The molecule has 2 heterocycles. The third kappa shape index (κ3) is 6.32. The summed E-state index contributed by atoms with van der Waals surface area (Å²) in [6.45, 7) is 10.3. The number of urea groups is 1. The van der Waals surface area contributed by atoms with Gasteiger partial charge in [0.05, 0.1) is 11.2 Å². The van der Waals surface area contributed by atoms with E-state index in [1.165, 1.54) is 0 Å². The average Bonchev–Trinajstić information content (AvgIpc) is 3.07. The molecule has 1 saturated heterocycles. The van der Waals surface area contributed by atoms with Crippen LogP contribution in [-0.2, 0) is 4.74 Å². The maximum atomic E-state index is 12.3. The molecule has 0 saturated carbocycles. The largest absolute Gasteiger partial charge is 0.444 e.